The van der Waals surface area contributed by atoms with Crippen LogP contribution in [-0.4, -0.2) is 19.1 Å². The van der Waals surface area contributed by atoms with E-state index in [0.717, 1.165) is 16.8 Å². The summed E-state index contributed by atoms with van der Waals surface area (Å²) in [5, 5.41) is 1.21. The molecule has 0 aromatic heterocycles. The Morgan fingerprint density at radius 2 is 1.84 bits per heavy atom. The quantitative estimate of drug-likeness (QED) is 0.691. The largest absolute Gasteiger partial charge is 0.359 e. The maximum absolute atomic E-state index is 12.7. The fourth-order valence-electron chi connectivity index (χ4n) is 3.03. The molecule has 0 saturated heterocycles. The molecular weight excluding hydrogens is 357 g/mol. The summed E-state index contributed by atoms with van der Waals surface area (Å²) in [4.78, 5) is 14.5. The van der Waals surface area contributed by atoms with Crippen LogP contribution in [0, 0.1) is 5.41 Å². The molecule has 3 rings (SSSR count). The highest BCUT2D eigenvalue weighted by molar-refractivity contribution is 6.31. The number of amides is 1. The van der Waals surface area contributed by atoms with E-state index < -0.39 is 6.10 Å². The van der Waals surface area contributed by atoms with Crippen molar-refractivity contribution < 1.29 is 9.53 Å². The number of ether oxygens (including phenoxy) is 1. The average molecular weight is 378 g/mol. The molecule has 0 spiro atoms. The number of benzene rings is 2. The van der Waals surface area contributed by atoms with E-state index in [1.54, 1.807) is 11.0 Å². The van der Waals surface area contributed by atoms with Crippen molar-refractivity contribution in [2.24, 2.45) is 5.41 Å². The molecule has 0 saturated carbocycles. The molecule has 25 heavy (non-hydrogen) atoms. The topological polar surface area (TPSA) is 29.5 Å². The Balaban J connectivity index is 2.15. The van der Waals surface area contributed by atoms with Crippen LogP contribution in [-0.2, 0) is 9.53 Å². The van der Waals surface area contributed by atoms with Crippen molar-refractivity contribution in [1.29, 1.82) is 0 Å². The number of hydrogen-bond donors (Lipinski definition) is 0. The Hall–Kier alpha value is -1.55. The number of rotatable bonds is 2. The zero-order chi connectivity index (χ0) is 18.2. The zero-order valence-corrected chi connectivity index (χ0v) is 16.1. The van der Waals surface area contributed by atoms with E-state index in [9.17, 15) is 4.79 Å². The Labute approximate surface area is 158 Å². The lowest BCUT2D eigenvalue weighted by Gasteiger charge is -2.30. The van der Waals surface area contributed by atoms with Gasteiger partial charge in [-0.05, 0) is 29.7 Å². The first-order valence-electron chi connectivity index (χ1n) is 8.22. The number of fused-ring (bicyclic) bond motifs is 1. The first kappa shape index (κ1) is 18.2. The van der Waals surface area contributed by atoms with Crippen LogP contribution in [0.15, 0.2) is 42.5 Å². The minimum Gasteiger partial charge on any atom is -0.359 e. The van der Waals surface area contributed by atoms with Crippen LogP contribution in [0.5, 0.6) is 0 Å². The van der Waals surface area contributed by atoms with Crippen LogP contribution in [0.2, 0.25) is 10.0 Å². The highest BCUT2D eigenvalue weighted by atomic mass is 35.5. The highest BCUT2D eigenvalue weighted by Crippen LogP contribution is 2.40. The zero-order valence-electron chi connectivity index (χ0n) is 14.6. The van der Waals surface area contributed by atoms with E-state index in [2.05, 4.69) is 20.8 Å². The van der Waals surface area contributed by atoms with Crippen molar-refractivity contribution in [3.8, 4) is 0 Å². The van der Waals surface area contributed by atoms with E-state index >= 15 is 0 Å². The summed E-state index contributed by atoms with van der Waals surface area (Å²) < 4.78 is 5.97. The summed E-state index contributed by atoms with van der Waals surface area (Å²) in [6.07, 6.45) is -0.434. The van der Waals surface area contributed by atoms with Gasteiger partial charge in [0.25, 0.3) is 5.91 Å². The molecule has 1 unspecified atom stereocenters. The van der Waals surface area contributed by atoms with E-state index in [1.165, 1.54) is 0 Å². The van der Waals surface area contributed by atoms with Gasteiger partial charge in [-0.3, -0.25) is 4.79 Å². The number of halogens is 2. The molecule has 1 aliphatic heterocycles. The van der Waals surface area contributed by atoms with Crippen LogP contribution >= 0.6 is 23.2 Å². The van der Waals surface area contributed by atoms with Gasteiger partial charge in [-0.15, -0.1) is 0 Å². The second kappa shape index (κ2) is 6.99. The highest BCUT2D eigenvalue weighted by Gasteiger charge is 2.32. The predicted molar refractivity (Wildman–Crippen MR) is 103 cm³/mol. The fraction of sp³-hybridized carbons (Fsp3) is 0.350. The molecule has 0 N–H and O–H groups in total. The smallest absolute Gasteiger partial charge is 0.253 e. The molecule has 0 radical (unpaired) electrons. The summed E-state index contributed by atoms with van der Waals surface area (Å²) in [6.45, 7) is 6.91. The van der Waals surface area contributed by atoms with Gasteiger partial charge in [0.2, 0.25) is 0 Å². The van der Waals surface area contributed by atoms with E-state index in [1.807, 2.05) is 36.4 Å². The monoisotopic (exact) mass is 377 g/mol. The Morgan fingerprint density at radius 3 is 2.52 bits per heavy atom. The van der Waals surface area contributed by atoms with Crippen molar-refractivity contribution in [3.05, 3.63) is 63.6 Å². The summed E-state index contributed by atoms with van der Waals surface area (Å²) in [7, 11) is 0. The second-order valence-corrected chi connectivity index (χ2v) is 8.30. The number of hydrogen-bond acceptors (Lipinski definition) is 2. The number of carbonyl (C=O) groups excluding carboxylic acids is 1. The minimum atomic E-state index is -0.434. The molecular formula is C20H21Cl2NO2. The molecule has 1 amide bonds. The third-order valence-electron chi connectivity index (χ3n) is 4.06. The number of nitrogens with zero attached hydrogens (tertiary/aromatic N) is 1. The summed E-state index contributed by atoms with van der Waals surface area (Å²) in [6, 6.07) is 13.1. The van der Waals surface area contributed by atoms with Gasteiger partial charge < -0.3 is 9.64 Å². The van der Waals surface area contributed by atoms with Gasteiger partial charge in [-0.2, -0.15) is 0 Å². The summed E-state index contributed by atoms with van der Waals surface area (Å²) in [5.41, 5.74) is 2.47. The van der Waals surface area contributed by atoms with Gasteiger partial charge in [0, 0.05) is 33.4 Å². The Bertz CT molecular complexity index is 799. The molecule has 2 aromatic carbocycles. The summed E-state index contributed by atoms with van der Waals surface area (Å²) >= 11 is 12.6. The maximum Gasteiger partial charge on any atom is 0.253 e. The van der Waals surface area contributed by atoms with Gasteiger partial charge in [0.05, 0.1) is 0 Å². The van der Waals surface area contributed by atoms with Gasteiger partial charge >= 0.3 is 0 Å². The standard InChI is InChI=1S/C20H21Cl2NO2/c1-20(2,3)12-23-17-9-8-13(21)10-15(17)19(25-11-18(23)24)14-6-4-5-7-16(14)22/h4-10,19H,11-12H2,1-3H3. The van der Waals surface area contributed by atoms with Gasteiger partial charge in [0.15, 0.2) is 0 Å². The lowest BCUT2D eigenvalue weighted by molar-refractivity contribution is -0.124. The van der Waals surface area contributed by atoms with Crippen LogP contribution in [0.25, 0.3) is 0 Å². The molecule has 5 heteroatoms. The van der Waals surface area contributed by atoms with Gasteiger partial charge in [-0.1, -0.05) is 62.2 Å². The molecule has 2 aromatic rings. The lowest BCUT2D eigenvalue weighted by atomic mass is 9.94. The van der Waals surface area contributed by atoms with E-state index in [4.69, 9.17) is 27.9 Å². The van der Waals surface area contributed by atoms with Crippen LogP contribution < -0.4 is 4.90 Å². The van der Waals surface area contributed by atoms with E-state index in [0.29, 0.717) is 16.6 Å². The van der Waals surface area contributed by atoms with Gasteiger partial charge in [-0.25, -0.2) is 0 Å². The average Bonchev–Trinajstić information content (AvgIpc) is 2.65. The third kappa shape index (κ3) is 4.00. The van der Waals surface area contributed by atoms with Crippen LogP contribution in [0.3, 0.4) is 0 Å². The van der Waals surface area contributed by atoms with Crippen molar-refractivity contribution in [2.75, 3.05) is 18.1 Å². The van der Waals surface area contributed by atoms with Crippen LogP contribution in [0.4, 0.5) is 5.69 Å². The van der Waals surface area contributed by atoms with Crippen molar-refractivity contribution in [3.63, 3.8) is 0 Å². The first-order valence-corrected chi connectivity index (χ1v) is 8.98. The SMILES string of the molecule is CC(C)(C)CN1C(=O)COC(c2ccccc2Cl)c2cc(Cl)ccc21. The molecule has 0 aliphatic carbocycles. The van der Waals surface area contributed by atoms with Crippen LogP contribution in [0.1, 0.15) is 38.0 Å². The Morgan fingerprint density at radius 1 is 1.12 bits per heavy atom. The Kier molecular flexibility index (Phi) is 5.10. The molecule has 1 heterocycles. The maximum atomic E-state index is 12.7. The second-order valence-electron chi connectivity index (χ2n) is 7.46. The van der Waals surface area contributed by atoms with E-state index in [-0.39, 0.29) is 17.9 Å². The molecule has 0 bridgehead atoms. The lowest BCUT2D eigenvalue weighted by Crippen LogP contribution is -2.39. The normalized spacial score (nSPS) is 18.0. The molecule has 1 aliphatic rings. The fourth-order valence-corrected chi connectivity index (χ4v) is 3.45. The first-order chi connectivity index (χ1) is 11.8. The van der Waals surface area contributed by atoms with Crippen molar-refractivity contribution in [2.45, 2.75) is 26.9 Å². The van der Waals surface area contributed by atoms with Gasteiger partial charge in [0.1, 0.15) is 12.7 Å². The van der Waals surface area contributed by atoms with Crippen molar-refractivity contribution in [1.82, 2.24) is 0 Å². The minimum absolute atomic E-state index is 0.00172. The molecule has 132 valence electrons. The molecule has 1 atom stereocenters. The predicted octanol–water partition coefficient (Wildman–Crippen LogP) is 5.49. The summed E-state index contributed by atoms with van der Waals surface area (Å²) in [5.74, 6) is -0.0620. The number of anilines is 1. The van der Waals surface area contributed by atoms with Crippen molar-refractivity contribution >= 4 is 34.8 Å². The molecule has 3 nitrogen and oxygen atoms in total. The third-order valence-corrected chi connectivity index (χ3v) is 4.64. The molecule has 0 fully saturated rings. The number of carbonyl (C=O) groups is 1.